The van der Waals surface area contributed by atoms with Crippen molar-refractivity contribution in [2.75, 3.05) is 6.54 Å². The van der Waals surface area contributed by atoms with E-state index < -0.39 is 0 Å². The molecule has 34 valence electrons. The molecule has 0 radical (unpaired) electrons. The fourth-order valence-corrected chi connectivity index (χ4v) is 0.443. The zero-order valence-electron chi connectivity index (χ0n) is 3.81. The maximum Gasteiger partial charge on any atom is 0.0827 e. The van der Waals surface area contributed by atoms with Gasteiger partial charge in [-0.3, -0.25) is 4.99 Å². The van der Waals surface area contributed by atoms with Gasteiger partial charge in [0.2, 0.25) is 0 Å². The molecular weight excluding hydrogens is 76.1 g/mol. The molecule has 2 nitrogen and oxygen atoms in total. The molecule has 0 saturated carbocycles. The molecule has 0 aromatic heterocycles. The molecule has 1 rings (SSSR count). The van der Waals surface area contributed by atoms with Crippen LogP contribution in [0.25, 0.3) is 0 Å². The van der Waals surface area contributed by atoms with Crippen LogP contribution < -0.4 is 5.32 Å². The monoisotopic (exact) mass is 84.1 g/mol. The fourth-order valence-electron chi connectivity index (χ4n) is 0.443. The molecule has 0 amide bonds. The van der Waals surface area contributed by atoms with E-state index in [0.29, 0.717) is 6.04 Å². The zero-order chi connectivity index (χ0) is 4.41. The van der Waals surface area contributed by atoms with Gasteiger partial charge < -0.3 is 5.32 Å². The molecule has 6 heavy (non-hydrogen) atoms. The molecule has 0 spiro atoms. The van der Waals surface area contributed by atoms with Crippen molar-refractivity contribution in [3.8, 4) is 0 Å². The Labute approximate surface area is 37.3 Å². The van der Waals surface area contributed by atoms with E-state index in [2.05, 4.69) is 17.2 Å². The van der Waals surface area contributed by atoms with Crippen molar-refractivity contribution in [3.05, 3.63) is 0 Å². The predicted molar refractivity (Wildman–Crippen MR) is 26.0 cm³/mol. The van der Waals surface area contributed by atoms with Crippen LogP contribution in [0.1, 0.15) is 6.92 Å². The van der Waals surface area contributed by atoms with Gasteiger partial charge in [0.15, 0.2) is 0 Å². The summed E-state index contributed by atoms with van der Waals surface area (Å²) in [5.41, 5.74) is 0. The van der Waals surface area contributed by atoms with Crippen LogP contribution in [-0.4, -0.2) is 18.9 Å². The highest BCUT2D eigenvalue weighted by Gasteiger charge is 1.98. The third-order valence-corrected chi connectivity index (χ3v) is 0.830. The first-order valence-corrected chi connectivity index (χ1v) is 2.14. The molecule has 1 heterocycles. The van der Waals surface area contributed by atoms with Gasteiger partial charge in [-0.15, -0.1) is 0 Å². The molecule has 0 aromatic rings. The summed E-state index contributed by atoms with van der Waals surface area (Å²) in [6.45, 7) is 3.05. The Morgan fingerprint density at radius 3 is 3.00 bits per heavy atom. The molecule has 1 N–H and O–H groups in total. The van der Waals surface area contributed by atoms with E-state index in [4.69, 9.17) is 0 Å². The third kappa shape index (κ3) is 0.506. The minimum absolute atomic E-state index is 0.574. The molecule has 1 aliphatic rings. The van der Waals surface area contributed by atoms with Gasteiger partial charge in [-0.1, -0.05) is 0 Å². The van der Waals surface area contributed by atoms with Crippen LogP contribution in [0.3, 0.4) is 0 Å². The van der Waals surface area contributed by atoms with Crippen LogP contribution in [0.5, 0.6) is 0 Å². The van der Waals surface area contributed by atoms with Crippen LogP contribution in [-0.2, 0) is 0 Å². The topological polar surface area (TPSA) is 24.4 Å². The summed E-state index contributed by atoms with van der Waals surface area (Å²) >= 11 is 0. The van der Waals surface area contributed by atoms with E-state index >= 15 is 0 Å². The van der Waals surface area contributed by atoms with E-state index in [1.807, 2.05) is 0 Å². The molecule has 2 heteroatoms. The molecular formula is C4H8N2. The predicted octanol–water partition coefficient (Wildman–Crippen LogP) is 0.00640. The highest BCUT2D eigenvalue weighted by Crippen LogP contribution is 1.84. The summed E-state index contributed by atoms with van der Waals surface area (Å²) in [6, 6.07) is 0.574. The first-order valence-electron chi connectivity index (χ1n) is 2.14. The van der Waals surface area contributed by atoms with Crippen LogP contribution in [0.2, 0.25) is 0 Å². The lowest BCUT2D eigenvalue weighted by atomic mass is 10.4. The average molecular weight is 84.1 g/mol. The molecule has 0 aromatic carbocycles. The Bertz CT molecular complexity index is 59.9. The summed E-state index contributed by atoms with van der Waals surface area (Å²) in [5.74, 6) is 0. The molecule has 1 aliphatic heterocycles. The highest BCUT2D eigenvalue weighted by molar-refractivity contribution is 5.56. The summed E-state index contributed by atoms with van der Waals surface area (Å²) in [5, 5.41) is 3.03. The molecule has 0 aliphatic carbocycles. The van der Waals surface area contributed by atoms with E-state index in [1.54, 1.807) is 6.34 Å². The summed E-state index contributed by atoms with van der Waals surface area (Å²) in [6.07, 6.45) is 1.75. The smallest absolute Gasteiger partial charge is 0.0827 e. The lowest BCUT2D eigenvalue weighted by Crippen LogP contribution is -2.19. The van der Waals surface area contributed by atoms with Gasteiger partial charge in [-0.25, -0.2) is 0 Å². The van der Waals surface area contributed by atoms with Gasteiger partial charge in [-0.2, -0.15) is 0 Å². The van der Waals surface area contributed by atoms with E-state index in [1.165, 1.54) is 0 Å². The van der Waals surface area contributed by atoms with Crippen LogP contribution in [0.15, 0.2) is 4.99 Å². The Morgan fingerprint density at radius 2 is 2.83 bits per heavy atom. The van der Waals surface area contributed by atoms with Gasteiger partial charge in [0.25, 0.3) is 0 Å². The van der Waals surface area contributed by atoms with E-state index in [0.717, 1.165) is 6.54 Å². The zero-order valence-corrected chi connectivity index (χ0v) is 3.81. The number of rotatable bonds is 0. The quantitative estimate of drug-likeness (QED) is 0.439. The van der Waals surface area contributed by atoms with Gasteiger partial charge in [0.05, 0.1) is 12.9 Å². The molecule has 0 bridgehead atoms. The maximum absolute atomic E-state index is 3.93. The minimum atomic E-state index is 0.574. The number of aliphatic imine (C=N–C) groups is 1. The lowest BCUT2D eigenvalue weighted by Gasteiger charge is -1.94. The van der Waals surface area contributed by atoms with Gasteiger partial charge in [0.1, 0.15) is 0 Å². The first kappa shape index (κ1) is 3.65. The molecule has 1 unspecified atom stereocenters. The summed E-state index contributed by atoms with van der Waals surface area (Å²) in [7, 11) is 0. The average Bonchev–Trinajstić information content (AvgIpc) is 1.86. The number of nitrogens with zero attached hydrogens (tertiary/aromatic N) is 1. The summed E-state index contributed by atoms with van der Waals surface area (Å²) in [4.78, 5) is 3.93. The van der Waals surface area contributed by atoms with Gasteiger partial charge in [-0.05, 0) is 6.92 Å². The second kappa shape index (κ2) is 1.29. The highest BCUT2D eigenvalue weighted by atomic mass is 15.0. The SMILES string of the molecule is CC1CN=CN1. The Kier molecular flexibility index (Phi) is 0.783. The number of hydrogen-bond acceptors (Lipinski definition) is 2. The Morgan fingerprint density at radius 1 is 2.00 bits per heavy atom. The van der Waals surface area contributed by atoms with Crippen molar-refractivity contribution in [2.45, 2.75) is 13.0 Å². The molecule has 1 atom stereocenters. The largest absolute Gasteiger partial charge is 0.372 e. The van der Waals surface area contributed by atoms with Crippen molar-refractivity contribution in [1.29, 1.82) is 0 Å². The standard InChI is InChI=1S/C4H8N2/c1-4-2-5-3-6-4/h3-4H,2H2,1H3,(H,5,6). The van der Waals surface area contributed by atoms with Crippen molar-refractivity contribution in [1.82, 2.24) is 5.32 Å². The van der Waals surface area contributed by atoms with Gasteiger partial charge in [0, 0.05) is 6.04 Å². The van der Waals surface area contributed by atoms with Crippen LogP contribution in [0, 0.1) is 0 Å². The third-order valence-electron chi connectivity index (χ3n) is 0.830. The van der Waals surface area contributed by atoms with Gasteiger partial charge >= 0.3 is 0 Å². The fraction of sp³-hybridized carbons (Fsp3) is 0.750. The van der Waals surface area contributed by atoms with E-state index in [-0.39, 0.29) is 0 Å². The second-order valence-electron chi connectivity index (χ2n) is 1.56. The van der Waals surface area contributed by atoms with Crippen molar-refractivity contribution in [3.63, 3.8) is 0 Å². The van der Waals surface area contributed by atoms with Crippen LogP contribution >= 0.6 is 0 Å². The second-order valence-corrected chi connectivity index (χ2v) is 1.56. The minimum Gasteiger partial charge on any atom is -0.372 e. The van der Waals surface area contributed by atoms with Crippen molar-refractivity contribution < 1.29 is 0 Å². The Hall–Kier alpha value is -0.530. The Balaban J connectivity index is 2.32. The number of nitrogens with one attached hydrogen (secondary N) is 1. The maximum atomic E-state index is 3.93. The van der Waals surface area contributed by atoms with Crippen molar-refractivity contribution in [2.24, 2.45) is 4.99 Å². The lowest BCUT2D eigenvalue weighted by molar-refractivity contribution is 0.729. The normalized spacial score (nSPS) is 30.5. The van der Waals surface area contributed by atoms with Crippen LogP contribution in [0.4, 0.5) is 0 Å². The first-order chi connectivity index (χ1) is 2.89. The number of hydrogen-bond donors (Lipinski definition) is 1. The van der Waals surface area contributed by atoms with E-state index in [9.17, 15) is 0 Å². The molecule has 0 fully saturated rings. The molecule has 0 saturated heterocycles. The summed E-state index contributed by atoms with van der Waals surface area (Å²) < 4.78 is 0. The van der Waals surface area contributed by atoms with Crippen molar-refractivity contribution >= 4 is 6.34 Å².